The van der Waals surface area contributed by atoms with Crippen molar-refractivity contribution in [1.29, 1.82) is 0 Å². The van der Waals surface area contributed by atoms with E-state index in [-0.39, 0.29) is 28.9 Å². The van der Waals surface area contributed by atoms with Gasteiger partial charge in [0.1, 0.15) is 16.6 Å². The maximum absolute atomic E-state index is 13.9. The maximum Gasteiger partial charge on any atom is 0.176 e. The first-order chi connectivity index (χ1) is 9.82. The first-order valence-electron chi connectivity index (χ1n) is 6.63. The summed E-state index contributed by atoms with van der Waals surface area (Å²) in [6, 6.07) is 4.36. The fraction of sp³-hybridized carbons (Fsp3) is 0.375. The van der Waals surface area contributed by atoms with E-state index in [1.54, 1.807) is 6.07 Å². The number of benzene rings is 1. The molecule has 1 aromatic carbocycles. The van der Waals surface area contributed by atoms with Gasteiger partial charge >= 0.3 is 0 Å². The highest BCUT2D eigenvalue weighted by molar-refractivity contribution is 7.09. The molecule has 0 aliphatic rings. The summed E-state index contributed by atoms with van der Waals surface area (Å²) in [6.07, 6.45) is 0.0814. The van der Waals surface area contributed by atoms with Crippen LogP contribution in [-0.4, -0.2) is 17.9 Å². The van der Waals surface area contributed by atoms with E-state index in [1.807, 2.05) is 5.38 Å². The van der Waals surface area contributed by atoms with Crippen LogP contribution < -0.4 is 4.74 Å². The molecular formula is C16H18FNO2S. The number of methoxy groups -OCH3 is 1. The van der Waals surface area contributed by atoms with Gasteiger partial charge in [-0.2, -0.15) is 0 Å². The number of ketones is 1. The molecule has 0 spiro atoms. The number of ether oxygens (including phenoxy) is 1. The lowest BCUT2D eigenvalue weighted by Crippen LogP contribution is -2.12. The average molecular weight is 307 g/mol. The Hall–Kier alpha value is -1.75. The quantitative estimate of drug-likeness (QED) is 0.801. The Labute approximate surface area is 127 Å². The summed E-state index contributed by atoms with van der Waals surface area (Å²) >= 11 is 1.42. The van der Waals surface area contributed by atoms with Gasteiger partial charge in [-0.1, -0.05) is 26.8 Å². The second kappa shape index (κ2) is 5.93. The summed E-state index contributed by atoms with van der Waals surface area (Å²) in [5.41, 5.74) is 0.872. The average Bonchev–Trinajstić information content (AvgIpc) is 2.86. The lowest BCUT2D eigenvalue weighted by atomic mass is 9.93. The Bertz CT molecular complexity index is 659. The van der Waals surface area contributed by atoms with Crippen LogP contribution in [0.25, 0.3) is 0 Å². The smallest absolute Gasteiger partial charge is 0.176 e. The van der Waals surface area contributed by atoms with Gasteiger partial charge in [-0.25, -0.2) is 9.37 Å². The molecule has 0 unspecified atom stereocenters. The van der Waals surface area contributed by atoms with E-state index in [9.17, 15) is 9.18 Å². The normalized spacial score (nSPS) is 11.5. The summed E-state index contributed by atoms with van der Waals surface area (Å²) in [4.78, 5) is 16.8. The van der Waals surface area contributed by atoms with Crippen molar-refractivity contribution in [1.82, 2.24) is 4.98 Å². The Morgan fingerprint density at radius 3 is 2.67 bits per heavy atom. The van der Waals surface area contributed by atoms with Crippen molar-refractivity contribution >= 4 is 17.1 Å². The van der Waals surface area contributed by atoms with Crippen LogP contribution in [0, 0.1) is 5.82 Å². The predicted octanol–water partition coefficient (Wildman–Crippen LogP) is 4.01. The van der Waals surface area contributed by atoms with E-state index in [1.165, 1.54) is 30.6 Å². The summed E-state index contributed by atoms with van der Waals surface area (Å²) in [6.45, 7) is 6.19. The SMILES string of the molecule is COc1cccc(F)c1C(=O)Cc1nc(C(C)(C)C)cs1. The molecule has 0 N–H and O–H groups in total. The molecule has 0 amide bonds. The van der Waals surface area contributed by atoms with Gasteiger partial charge in [0, 0.05) is 10.8 Å². The Balaban J connectivity index is 2.25. The number of hydrogen-bond acceptors (Lipinski definition) is 4. The number of Topliss-reactive ketones (excluding diaryl/α,β-unsaturated/α-hetero) is 1. The molecule has 2 rings (SSSR count). The van der Waals surface area contributed by atoms with Gasteiger partial charge < -0.3 is 4.74 Å². The van der Waals surface area contributed by atoms with Crippen molar-refractivity contribution in [3.8, 4) is 5.75 Å². The minimum Gasteiger partial charge on any atom is -0.496 e. The molecule has 0 fully saturated rings. The molecule has 0 saturated heterocycles. The van der Waals surface area contributed by atoms with Gasteiger partial charge in [0.15, 0.2) is 5.78 Å². The van der Waals surface area contributed by atoms with E-state index in [0.717, 1.165) is 5.69 Å². The molecule has 21 heavy (non-hydrogen) atoms. The third kappa shape index (κ3) is 3.47. The van der Waals surface area contributed by atoms with Crippen molar-refractivity contribution in [3.63, 3.8) is 0 Å². The van der Waals surface area contributed by atoms with Crippen LogP contribution in [0.4, 0.5) is 4.39 Å². The van der Waals surface area contributed by atoms with Crippen molar-refractivity contribution in [2.75, 3.05) is 7.11 Å². The van der Waals surface area contributed by atoms with E-state index in [4.69, 9.17) is 4.74 Å². The third-order valence-corrected chi connectivity index (χ3v) is 3.95. The van der Waals surface area contributed by atoms with Crippen LogP contribution >= 0.6 is 11.3 Å². The van der Waals surface area contributed by atoms with Crippen LogP contribution in [0.3, 0.4) is 0 Å². The van der Waals surface area contributed by atoms with Gasteiger partial charge in [0.2, 0.25) is 0 Å². The standard InChI is InChI=1S/C16H18FNO2S/c1-16(2,3)13-9-21-14(18-13)8-11(19)15-10(17)6-5-7-12(15)20-4/h5-7,9H,8H2,1-4H3. The van der Waals surface area contributed by atoms with Gasteiger partial charge in [-0.3, -0.25) is 4.79 Å². The predicted molar refractivity (Wildman–Crippen MR) is 81.8 cm³/mol. The minimum absolute atomic E-state index is 0.00694. The highest BCUT2D eigenvalue weighted by atomic mass is 32.1. The van der Waals surface area contributed by atoms with Crippen molar-refractivity contribution in [2.45, 2.75) is 32.6 Å². The summed E-state index contributed by atoms with van der Waals surface area (Å²) in [5.74, 6) is -0.626. The first kappa shape index (κ1) is 15.6. The van der Waals surface area contributed by atoms with Crippen molar-refractivity contribution in [3.05, 3.63) is 45.7 Å². The number of thiazole rings is 1. The number of carbonyl (C=O) groups excluding carboxylic acids is 1. The first-order valence-corrected chi connectivity index (χ1v) is 7.51. The molecule has 1 aromatic heterocycles. The van der Waals surface area contributed by atoms with Crippen LogP contribution in [-0.2, 0) is 11.8 Å². The Kier molecular flexibility index (Phi) is 4.42. The number of rotatable bonds is 4. The molecule has 2 aromatic rings. The van der Waals surface area contributed by atoms with Crippen LogP contribution in [0.15, 0.2) is 23.6 Å². The molecule has 0 aliphatic heterocycles. The largest absolute Gasteiger partial charge is 0.496 e. The van der Waals surface area contributed by atoms with E-state index in [2.05, 4.69) is 25.8 Å². The fourth-order valence-electron chi connectivity index (χ4n) is 1.91. The number of hydrogen-bond donors (Lipinski definition) is 0. The zero-order chi connectivity index (χ0) is 15.6. The van der Waals surface area contributed by atoms with Gasteiger partial charge in [-0.15, -0.1) is 11.3 Å². The van der Waals surface area contributed by atoms with Crippen LogP contribution in [0.5, 0.6) is 5.75 Å². The lowest BCUT2D eigenvalue weighted by Gasteiger charge is -2.14. The summed E-state index contributed by atoms with van der Waals surface area (Å²) < 4.78 is 18.9. The summed E-state index contributed by atoms with van der Waals surface area (Å²) in [7, 11) is 1.42. The highest BCUT2D eigenvalue weighted by Gasteiger charge is 2.21. The third-order valence-electron chi connectivity index (χ3n) is 3.11. The molecule has 5 heteroatoms. The highest BCUT2D eigenvalue weighted by Crippen LogP contribution is 2.26. The molecule has 0 atom stereocenters. The van der Waals surface area contributed by atoms with Gasteiger partial charge in [-0.05, 0) is 12.1 Å². The molecule has 1 heterocycles. The van der Waals surface area contributed by atoms with Crippen LogP contribution in [0.2, 0.25) is 0 Å². The zero-order valence-electron chi connectivity index (χ0n) is 12.6. The number of aromatic nitrogens is 1. The van der Waals surface area contributed by atoms with Crippen molar-refractivity contribution < 1.29 is 13.9 Å². The van der Waals surface area contributed by atoms with Crippen molar-refractivity contribution in [2.24, 2.45) is 0 Å². The molecule has 3 nitrogen and oxygen atoms in total. The second-order valence-corrected chi connectivity index (χ2v) is 6.74. The number of carbonyl (C=O) groups is 1. The number of nitrogens with zero attached hydrogens (tertiary/aromatic N) is 1. The topological polar surface area (TPSA) is 39.2 Å². The Morgan fingerprint density at radius 2 is 2.10 bits per heavy atom. The molecule has 0 radical (unpaired) electrons. The molecule has 112 valence electrons. The molecule has 0 saturated carbocycles. The van der Waals surface area contributed by atoms with E-state index >= 15 is 0 Å². The molecule has 0 aliphatic carbocycles. The number of halogens is 1. The monoisotopic (exact) mass is 307 g/mol. The lowest BCUT2D eigenvalue weighted by molar-refractivity contribution is 0.0986. The van der Waals surface area contributed by atoms with Gasteiger partial charge in [0.05, 0.1) is 24.8 Å². The van der Waals surface area contributed by atoms with E-state index < -0.39 is 5.82 Å². The maximum atomic E-state index is 13.9. The molecule has 0 bridgehead atoms. The Morgan fingerprint density at radius 1 is 1.38 bits per heavy atom. The summed E-state index contributed by atoms with van der Waals surface area (Å²) in [5, 5.41) is 2.64. The minimum atomic E-state index is -0.563. The van der Waals surface area contributed by atoms with Gasteiger partial charge in [0.25, 0.3) is 0 Å². The zero-order valence-corrected chi connectivity index (χ0v) is 13.4. The van der Waals surface area contributed by atoms with Crippen LogP contribution in [0.1, 0.15) is 41.8 Å². The molecular weight excluding hydrogens is 289 g/mol. The fourth-order valence-corrected chi connectivity index (χ4v) is 2.93. The van der Waals surface area contributed by atoms with E-state index in [0.29, 0.717) is 5.01 Å². The second-order valence-electron chi connectivity index (χ2n) is 5.79.